The van der Waals surface area contributed by atoms with Gasteiger partial charge in [-0.25, -0.2) is 4.79 Å². The maximum absolute atomic E-state index is 12.0. The minimum Gasteiger partial charge on any atom is -0.497 e. The van der Waals surface area contributed by atoms with Gasteiger partial charge in [-0.1, -0.05) is 48.5 Å². The van der Waals surface area contributed by atoms with E-state index in [0.717, 1.165) is 44.8 Å². The number of benzene rings is 4. The van der Waals surface area contributed by atoms with Crippen molar-refractivity contribution in [2.24, 2.45) is 0 Å². The average Bonchev–Trinajstić information content (AvgIpc) is 3.58. The molecule has 6 aromatic rings. The number of hydrogen-bond acceptors (Lipinski definition) is 8. The molecule has 0 amide bonds. The summed E-state index contributed by atoms with van der Waals surface area (Å²) < 4.78 is 33.3. The summed E-state index contributed by atoms with van der Waals surface area (Å²) in [6.45, 7) is 0.647. The molecule has 41 heavy (non-hydrogen) atoms. The number of rotatable bonds is 9. The standard InChI is InChI=1S/C31H25N3O6S/c1-37-22-11-9-21(10-12-22)29-23-15-27(38-2)28(39-18-19-6-4-3-5-7-19)16-26(23)34(30(29)40-31(35)36)17-20-8-13-24-25(14-20)33-41-32-24/h3-16H,17-18H2,1-2H3,(H,35,36). The van der Waals surface area contributed by atoms with E-state index >= 15 is 0 Å². The van der Waals surface area contributed by atoms with Crippen LogP contribution in [0.25, 0.3) is 33.1 Å². The van der Waals surface area contributed by atoms with Crippen LogP contribution in [-0.2, 0) is 13.2 Å². The highest BCUT2D eigenvalue weighted by molar-refractivity contribution is 7.00. The molecule has 2 heterocycles. The third-order valence-electron chi connectivity index (χ3n) is 6.76. The van der Waals surface area contributed by atoms with E-state index in [4.69, 9.17) is 18.9 Å². The number of hydrogen-bond donors (Lipinski definition) is 1. The second kappa shape index (κ2) is 11.2. The molecule has 0 radical (unpaired) electrons. The summed E-state index contributed by atoms with van der Waals surface area (Å²) >= 11 is 1.15. The van der Waals surface area contributed by atoms with E-state index in [9.17, 15) is 9.90 Å². The summed E-state index contributed by atoms with van der Waals surface area (Å²) in [6.07, 6.45) is -1.42. The van der Waals surface area contributed by atoms with Crippen LogP contribution in [0.15, 0.2) is 84.9 Å². The molecule has 0 aliphatic rings. The lowest BCUT2D eigenvalue weighted by Crippen LogP contribution is -2.10. The van der Waals surface area contributed by atoms with Gasteiger partial charge in [-0.15, -0.1) is 0 Å². The molecule has 0 bridgehead atoms. The minimum atomic E-state index is -1.42. The van der Waals surface area contributed by atoms with Crippen LogP contribution >= 0.6 is 11.7 Å². The van der Waals surface area contributed by atoms with Crippen molar-refractivity contribution in [2.45, 2.75) is 13.2 Å². The Morgan fingerprint density at radius 3 is 2.37 bits per heavy atom. The van der Waals surface area contributed by atoms with Crippen molar-refractivity contribution in [3.8, 4) is 34.3 Å². The average molecular weight is 568 g/mol. The molecular formula is C31H25N3O6S. The summed E-state index contributed by atoms with van der Waals surface area (Å²) in [5.74, 6) is 1.89. The van der Waals surface area contributed by atoms with Gasteiger partial charge in [0.25, 0.3) is 0 Å². The summed E-state index contributed by atoms with van der Waals surface area (Å²) in [7, 11) is 3.17. The highest BCUT2D eigenvalue weighted by atomic mass is 32.1. The summed E-state index contributed by atoms with van der Waals surface area (Å²) in [5, 5.41) is 10.5. The molecule has 0 saturated carbocycles. The number of aromatic nitrogens is 3. The molecule has 1 N–H and O–H groups in total. The highest BCUT2D eigenvalue weighted by Gasteiger charge is 2.25. The lowest BCUT2D eigenvalue weighted by Gasteiger charge is -2.13. The Bertz CT molecular complexity index is 1850. The zero-order valence-corrected chi connectivity index (χ0v) is 23.1. The number of ether oxygens (including phenoxy) is 4. The van der Waals surface area contributed by atoms with Crippen molar-refractivity contribution in [2.75, 3.05) is 14.2 Å². The van der Waals surface area contributed by atoms with Gasteiger partial charge in [0, 0.05) is 11.5 Å². The van der Waals surface area contributed by atoms with Crippen LogP contribution in [-0.4, -0.2) is 38.8 Å². The van der Waals surface area contributed by atoms with Crippen LogP contribution in [0.2, 0.25) is 0 Å². The fraction of sp³-hybridized carbons (Fsp3) is 0.129. The zero-order chi connectivity index (χ0) is 28.3. The Labute approximate surface area is 239 Å². The van der Waals surface area contributed by atoms with Crippen molar-refractivity contribution in [3.05, 3.63) is 96.1 Å². The molecule has 0 saturated heterocycles. The molecule has 2 aromatic heterocycles. The fourth-order valence-electron chi connectivity index (χ4n) is 4.83. The molecule has 10 heteroatoms. The molecule has 6 rings (SSSR count). The van der Waals surface area contributed by atoms with Crippen LogP contribution < -0.4 is 18.9 Å². The molecular weight excluding hydrogens is 542 g/mol. The normalized spacial score (nSPS) is 11.1. The lowest BCUT2D eigenvalue weighted by atomic mass is 10.0. The molecule has 0 aliphatic heterocycles. The van der Waals surface area contributed by atoms with E-state index in [1.165, 1.54) is 0 Å². The van der Waals surface area contributed by atoms with Gasteiger partial charge in [0.1, 0.15) is 23.4 Å². The largest absolute Gasteiger partial charge is 0.512 e. The quantitative estimate of drug-likeness (QED) is 0.186. The van der Waals surface area contributed by atoms with Crippen LogP contribution in [0.5, 0.6) is 23.1 Å². The van der Waals surface area contributed by atoms with Gasteiger partial charge in [0.2, 0.25) is 5.88 Å². The topological polar surface area (TPSA) is 105 Å². The van der Waals surface area contributed by atoms with Crippen LogP contribution in [0.4, 0.5) is 4.79 Å². The van der Waals surface area contributed by atoms with Crippen LogP contribution in [0.3, 0.4) is 0 Å². The predicted octanol–water partition coefficient (Wildman–Crippen LogP) is 7.01. The maximum Gasteiger partial charge on any atom is 0.512 e. The third-order valence-corrected chi connectivity index (χ3v) is 7.32. The first kappa shape index (κ1) is 26.1. The molecule has 0 spiro atoms. The first-order valence-electron chi connectivity index (χ1n) is 12.7. The Morgan fingerprint density at radius 2 is 1.63 bits per heavy atom. The molecule has 0 unspecified atom stereocenters. The third kappa shape index (κ3) is 5.24. The van der Waals surface area contributed by atoms with Gasteiger partial charge in [0.15, 0.2) is 11.5 Å². The second-order valence-electron chi connectivity index (χ2n) is 9.24. The van der Waals surface area contributed by atoms with Gasteiger partial charge in [-0.05, 0) is 47.0 Å². The van der Waals surface area contributed by atoms with Crippen molar-refractivity contribution >= 4 is 39.8 Å². The van der Waals surface area contributed by atoms with Crippen molar-refractivity contribution < 1.29 is 28.8 Å². The molecule has 4 aromatic carbocycles. The van der Waals surface area contributed by atoms with E-state index < -0.39 is 6.16 Å². The molecule has 0 aliphatic carbocycles. The minimum absolute atomic E-state index is 0.177. The van der Waals surface area contributed by atoms with Crippen LogP contribution in [0, 0.1) is 0 Å². The molecule has 0 fully saturated rings. The van der Waals surface area contributed by atoms with E-state index in [-0.39, 0.29) is 5.88 Å². The van der Waals surface area contributed by atoms with Crippen LogP contribution in [0.1, 0.15) is 11.1 Å². The van der Waals surface area contributed by atoms with E-state index in [0.29, 0.717) is 41.5 Å². The number of carboxylic acid groups (broad SMARTS) is 1. The SMILES string of the molecule is COc1ccc(-c2c(OC(=O)O)n(Cc3ccc4nsnc4c3)c3cc(OCc4ccccc4)c(OC)cc23)cc1. The number of nitrogens with zero attached hydrogens (tertiary/aromatic N) is 3. The Balaban J connectivity index is 1.55. The van der Waals surface area contributed by atoms with Gasteiger partial charge >= 0.3 is 6.16 Å². The lowest BCUT2D eigenvalue weighted by molar-refractivity contribution is 0.141. The molecule has 206 valence electrons. The Hall–Kier alpha value is -5.09. The summed E-state index contributed by atoms with van der Waals surface area (Å²) in [4.78, 5) is 12.0. The van der Waals surface area contributed by atoms with E-state index in [2.05, 4.69) is 8.75 Å². The van der Waals surface area contributed by atoms with Gasteiger partial charge < -0.3 is 28.6 Å². The van der Waals surface area contributed by atoms with Gasteiger partial charge in [-0.2, -0.15) is 8.75 Å². The first-order valence-corrected chi connectivity index (χ1v) is 13.4. The monoisotopic (exact) mass is 567 g/mol. The predicted molar refractivity (Wildman–Crippen MR) is 156 cm³/mol. The smallest absolute Gasteiger partial charge is 0.497 e. The van der Waals surface area contributed by atoms with Crippen molar-refractivity contribution in [1.29, 1.82) is 0 Å². The summed E-state index contributed by atoms with van der Waals surface area (Å²) in [5.41, 5.74) is 5.56. The van der Waals surface area contributed by atoms with Crippen molar-refractivity contribution in [3.63, 3.8) is 0 Å². The Morgan fingerprint density at radius 1 is 0.854 bits per heavy atom. The Kier molecular flexibility index (Phi) is 7.13. The number of methoxy groups -OCH3 is 2. The molecule has 0 atom stereocenters. The van der Waals surface area contributed by atoms with E-state index in [1.54, 1.807) is 14.2 Å². The number of carbonyl (C=O) groups is 1. The van der Waals surface area contributed by atoms with E-state index in [1.807, 2.05) is 89.5 Å². The molecule has 9 nitrogen and oxygen atoms in total. The van der Waals surface area contributed by atoms with Gasteiger partial charge in [-0.3, -0.25) is 0 Å². The zero-order valence-electron chi connectivity index (χ0n) is 22.2. The maximum atomic E-state index is 12.0. The second-order valence-corrected chi connectivity index (χ2v) is 9.77. The van der Waals surface area contributed by atoms with Gasteiger partial charge in [0.05, 0.1) is 43.6 Å². The summed E-state index contributed by atoms with van der Waals surface area (Å²) in [6, 6.07) is 26.7. The number of fused-ring (bicyclic) bond motifs is 2. The highest BCUT2D eigenvalue weighted by Crippen LogP contribution is 2.45. The fourth-order valence-corrected chi connectivity index (χ4v) is 5.35. The first-order chi connectivity index (χ1) is 20.0. The van der Waals surface area contributed by atoms with Crippen molar-refractivity contribution in [1.82, 2.24) is 13.3 Å².